The molecular formula is C15H21NO2. The summed E-state index contributed by atoms with van der Waals surface area (Å²) in [7, 11) is 0. The summed E-state index contributed by atoms with van der Waals surface area (Å²) in [5.74, 6) is -0.912. The van der Waals surface area contributed by atoms with Crippen LogP contribution in [0.4, 0.5) is 0 Å². The third-order valence-electron chi connectivity index (χ3n) is 2.75. The number of carbonyl (C=O) groups is 1. The maximum absolute atomic E-state index is 10.7. The van der Waals surface area contributed by atoms with Gasteiger partial charge in [-0.1, -0.05) is 23.3 Å². The zero-order chi connectivity index (χ0) is 13.5. The summed E-state index contributed by atoms with van der Waals surface area (Å²) in [4.78, 5) is 13.5. The Bertz CT molecular complexity index is 463. The van der Waals surface area contributed by atoms with Crippen LogP contribution in [0.3, 0.4) is 0 Å². The molecule has 0 saturated heterocycles. The molecule has 0 bridgehead atoms. The molecular weight excluding hydrogens is 226 g/mol. The van der Waals surface area contributed by atoms with E-state index in [9.17, 15) is 4.79 Å². The number of aromatic carboxylic acids is 1. The molecule has 0 fully saturated rings. The van der Waals surface area contributed by atoms with Crippen molar-refractivity contribution in [1.82, 2.24) is 4.98 Å². The minimum absolute atomic E-state index is 0.251. The predicted molar refractivity (Wildman–Crippen MR) is 73.9 cm³/mol. The first-order chi connectivity index (χ1) is 8.49. The second-order valence-corrected chi connectivity index (χ2v) is 4.80. The highest BCUT2D eigenvalue weighted by Crippen LogP contribution is 2.10. The smallest absolute Gasteiger partial charge is 0.352 e. The van der Waals surface area contributed by atoms with Gasteiger partial charge in [0.05, 0.1) is 0 Å². The lowest BCUT2D eigenvalue weighted by molar-refractivity contribution is 0.0691. The molecule has 0 aliphatic rings. The van der Waals surface area contributed by atoms with Gasteiger partial charge >= 0.3 is 5.97 Å². The van der Waals surface area contributed by atoms with Crippen molar-refractivity contribution in [1.29, 1.82) is 0 Å². The van der Waals surface area contributed by atoms with Crippen molar-refractivity contribution >= 4 is 5.97 Å². The van der Waals surface area contributed by atoms with Crippen molar-refractivity contribution < 1.29 is 9.90 Å². The molecule has 18 heavy (non-hydrogen) atoms. The highest BCUT2D eigenvalue weighted by Gasteiger charge is 2.04. The molecule has 1 aromatic rings. The first kappa shape index (κ1) is 14.3. The van der Waals surface area contributed by atoms with E-state index in [2.05, 4.69) is 37.9 Å². The summed E-state index contributed by atoms with van der Waals surface area (Å²) < 4.78 is 0. The van der Waals surface area contributed by atoms with Crippen LogP contribution in [0.2, 0.25) is 0 Å². The van der Waals surface area contributed by atoms with Crippen LogP contribution >= 0.6 is 0 Å². The number of aromatic nitrogens is 1. The minimum atomic E-state index is -0.912. The molecule has 0 amide bonds. The Hall–Kier alpha value is -1.77. The van der Waals surface area contributed by atoms with Crippen LogP contribution in [0, 0.1) is 0 Å². The maximum Gasteiger partial charge on any atom is 0.352 e. The molecule has 0 aliphatic carbocycles. The molecule has 1 aromatic heterocycles. The zero-order valence-corrected chi connectivity index (χ0v) is 11.3. The molecule has 0 aromatic carbocycles. The van der Waals surface area contributed by atoms with Crippen molar-refractivity contribution in [3.05, 3.63) is 46.8 Å². The molecule has 0 atom stereocenters. The van der Waals surface area contributed by atoms with E-state index in [0.29, 0.717) is 0 Å². The number of carboxylic acids is 1. The monoisotopic (exact) mass is 247 g/mol. The lowest BCUT2D eigenvalue weighted by Gasteiger charge is -1.98. The second-order valence-electron chi connectivity index (χ2n) is 4.80. The third-order valence-corrected chi connectivity index (χ3v) is 2.75. The molecule has 1 heterocycles. The van der Waals surface area contributed by atoms with E-state index in [0.717, 1.165) is 24.8 Å². The summed E-state index contributed by atoms with van der Waals surface area (Å²) in [5.41, 5.74) is 3.94. The highest BCUT2D eigenvalue weighted by atomic mass is 16.4. The molecule has 0 spiro atoms. The number of H-pyrrole nitrogens is 1. The number of allylic oxidation sites excluding steroid dienone is 4. The Morgan fingerprint density at radius 1 is 1.33 bits per heavy atom. The summed E-state index contributed by atoms with van der Waals surface area (Å²) in [5, 5.41) is 8.79. The number of rotatable bonds is 6. The van der Waals surface area contributed by atoms with E-state index >= 15 is 0 Å². The summed E-state index contributed by atoms with van der Waals surface area (Å²) in [6.45, 7) is 6.32. The van der Waals surface area contributed by atoms with Crippen LogP contribution in [-0.2, 0) is 6.42 Å². The highest BCUT2D eigenvalue weighted by molar-refractivity contribution is 5.85. The van der Waals surface area contributed by atoms with Crippen LogP contribution in [0.25, 0.3) is 0 Å². The van der Waals surface area contributed by atoms with Crippen LogP contribution in [0.15, 0.2) is 35.6 Å². The summed E-state index contributed by atoms with van der Waals surface area (Å²) >= 11 is 0. The lowest BCUT2D eigenvalue weighted by atomic mass is 10.1. The molecule has 0 saturated carbocycles. The second kappa shape index (κ2) is 6.84. The molecule has 3 nitrogen and oxygen atoms in total. The van der Waals surface area contributed by atoms with Crippen LogP contribution in [-0.4, -0.2) is 16.1 Å². The number of hydrogen-bond donors (Lipinski definition) is 2. The summed E-state index contributed by atoms with van der Waals surface area (Å²) in [6, 6.07) is 1.68. The topological polar surface area (TPSA) is 53.1 Å². The molecule has 2 N–H and O–H groups in total. The lowest BCUT2D eigenvalue weighted by Crippen LogP contribution is -1.94. The van der Waals surface area contributed by atoms with Crippen molar-refractivity contribution in [3.63, 3.8) is 0 Å². The Kier molecular flexibility index (Phi) is 5.43. The Morgan fingerprint density at radius 2 is 2.06 bits per heavy atom. The predicted octanol–water partition coefficient (Wildman–Crippen LogP) is 3.95. The fraction of sp³-hybridized carbons (Fsp3) is 0.400. The number of aromatic amines is 1. The molecule has 1 rings (SSSR count). The van der Waals surface area contributed by atoms with Gasteiger partial charge in [0.15, 0.2) is 0 Å². The van der Waals surface area contributed by atoms with Gasteiger partial charge in [-0.15, -0.1) is 0 Å². The Balaban J connectivity index is 2.46. The molecule has 98 valence electrons. The van der Waals surface area contributed by atoms with E-state index in [4.69, 9.17) is 5.11 Å². The van der Waals surface area contributed by atoms with Gasteiger partial charge in [-0.3, -0.25) is 0 Å². The first-order valence-electron chi connectivity index (χ1n) is 6.18. The average Bonchev–Trinajstić information content (AvgIpc) is 2.74. The first-order valence-corrected chi connectivity index (χ1v) is 6.18. The largest absolute Gasteiger partial charge is 0.477 e. The Morgan fingerprint density at radius 3 is 2.61 bits per heavy atom. The van der Waals surface area contributed by atoms with Crippen molar-refractivity contribution in [2.24, 2.45) is 0 Å². The van der Waals surface area contributed by atoms with E-state index in [1.165, 1.54) is 11.1 Å². The van der Waals surface area contributed by atoms with Crippen molar-refractivity contribution in [2.45, 2.75) is 40.0 Å². The minimum Gasteiger partial charge on any atom is -0.477 e. The van der Waals surface area contributed by atoms with Gasteiger partial charge in [0.2, 0.25) is 0 Å². The molecule has 0 aliphatic heterocycles. The molecule has 3 heteroatoms. The van der Waals surface area contributed by atoms with Gasteiger partial charge in [0.25, 0.3) is 0 Å². The van der Waals surface area contributed by atoms with Gasteiger partial charge in [0, 0.05) is 6.20 Å². The van der Waals surface area contributed by atoms with E-state index < -0.39 is 5.97 Å². The van der Waals surface area contributed by atoms with Gasteiger partial charge in [0.1, 0.15) is 5.69 Å². The van der Waals surface area contributed by atoms with Gasteiger partial charge in [-0.2, -0.15) is 0 Å². The van der Waals surface area contributed by atoms with Crippen LogP contribution < -0.4 is 0 Å². The fourth-order valence-corrected chi connectivity index (χ4v) is 1.66. The standard InChI is InChI=1S/C15H21NO2/c1-11(2)5-4-6-12(3)7-8-13-9-14(15(17)18)16-10-13/h5,7,9-10,16H,4,6,8H2,1-3H3,(H,17,18). The Labute approximate surface area is 108 Å². The number of hydrogen-bond acceptors (Lipinski definition) is 1. The van der Waals surface area contributed by atoms with E-state index in [1.807, 2.05) is 0 Å². The zero-order valence-electron chi connectivity index (χ0n) is 11.3. The number of carboxylic acid groups (broad SMARTS) is 1. The van der Waals surface area contributed by atoms with Gasteiger partial charge < -0.3 is 10.1 Å². The third kappa shape index (κ3) is 5.04. The van der Waals surface area contributed by atoms with Crippen LogP contribution in [0.1, 0.15) is 49.7 Å². The molecule has 0 radical (unpaired) electrons. The SMILES string of the molecule is CC(C)=CCCC(C)=CCc1c[nH]c(C(=O)O)c1. The van der Waals surface area contributed by atoms with Crippen molar-refractivity contribution in [2.75, 3.05) is 0 Å². The van der Waals surface area contributed by atoms with E-state index in [-0.39, 0.29) is 5.69 Å². The molecule has 0 unspecified atom stereocenters. The fourth-order valence-electron chi connectivity index (χ4n) is 1.66. The number of nitrogens with one attached hydrogen (secondary N) is 1. The van der Waals surface area contributed by atoms with Crippen LogP contribution in [0.5, 0.6) is 0 Å². The summed E-state index contributed by atoms with van der Waals surface area (Å²) in [6.07, 6.45) is 9.05. The van der Waals surface area contributed by atoms with Gasteiger partial charge in [-0.05, 0) is 51.7 Å². The van der Waals surface area contributed by atoms with Gasteiger partial charge in [-0.25, -0.2) is 4.79 Å². The maximum atomic E-state index is 10.7. The normalized spacial score (nSPS) is 11.4. The quantitative estimate of drug-likeness (QED) is 0.748. The van der Waals surface area contributed by atoms with E-state index in [1.54, 1.807) is 12.3 Å². The van der Waals surface area contributed by atoms with Crippen molar-refractivity contribution in [3.8, 4) is 0 Å². The average molecular weight is 247 g/mol.